The molecule has 10 heavy (non-hydrogen) atoms. The summed E-state index contributed by atoms with van der Waals surface area (Å²) in [6.07, 6.45) is 2.99. The number of hydrogen-bond acceptors (Lipinski definition) is 2. The van der Waals surface area contributed by atoms with Crippen LogP contribution in [0, 0.1) is 0 Å². The number of hydrogen-bond donors (Lipinski definition) is 0. The van der Waals surface area contributed by atoms with Gasteiger partial charge in [0.05, 0.1) is 11.0 Å². The third-order valence-corrected chi connectivity index (χ3v) is 2.13. The highest BCUT2D eigenvalue weighted by atomic mass is 79.9. The van der Waals surface area contributed by atoms with Crippen LogP contribution in [0.5, 0.6) is 0 Å². The molecule has 0 radical (unpaired) electrons. The van der Waals surface area contributed by atoms with Gasteiger partial charge in [0.15, 0.2) is 5.78 Å². The van der Waals surface area contributed by atoms with Crippen molar-refractivity contribution in [2.75, 3.05) is 18.9 Å². The average Bonchev–Trinajstić information content (AvgIpc) is 2.34. The molecular weight excluding hydrogens is 194 g/mol. The number of alkyl halides is 1. The lowest BCUT2D eigenvalue weighted by Crippen LogP contribution is -2.20. The minimum absolute atomic E-state index is 0.181. The van der Waals surface area contributed by atoms with E-state index in [-0.39, 0.29) is 5.78 Å². The lowest BCUT2D eigenvalue weighted by Gasteiger charge is -2.13. The Labute approximate surface area is 69.0 Å². The first-order valence-electron chi connectivity index (χ1n) is 3.26. The second-order valence-electron chi connectivity index (χ2n) is 2.36. The summed E-state index contributed by atoms with van der Waals surface area (Å²) in [6, 6.07) is 0. The van der Waals surface area contributed by atoms with Crippen LogP contribution in [0.15, 0.2) is 11.8 Å². The molecular formula is C7H10BrNO. The van der Waals surface area contributed by atoms with Gasteiger partial charge in [0.25, 0.3) is 0 Å². The second kappa shape index (κ2) is 3.19. The molecule has 0 aromatic heterocycles. The fourth-order valence-corrected chi connectivity index (χ4v) is 1.35. The summed E-state index contributed by atoms with van der Waals surface area (Å²) in [5, 5.41) is 0.434. The van der Waals surface area contributed by atoms with E-state index < -0.39 is 0 Å². The van der Waals surface area contributed by atoms with Crippen LogP contribution in [0.3, 0.4) is 0 Å². The first kappa shape index (κ1) is 7.79. The quantitative estimate of drug-likeness (QED) is 0.629. The van der Waals surface area contributed by atoms with Crippen molar-refractivity contribution in [2.45, 2.75) is 6.42 Å². The minimum atomic E-state index is 0.181. The van der Waals surface area contributed by atoms with E-state index in [1.807, 2.05) is 18.0 Å². The average molecular weight is 204 g/mol. The predicted molar refractivity (Wildman–Crippen MR) is 44.1 cm³/mol. The topological polar surface area (TPSA) is 20.3 Å². The molecule has 0 saturated heterocycles. The maximum atomic E-state index is 11.1. The summed E-state index contributed by atoms with van der Waals surface area (Å²) >= 11 is 3.14. The number of halogens is 1. The molecule has 0 fully saturated rings. The van der Waals surface area contributed by atoms with E-state index in [2.05, 4.69) is 15.9 Å². The lowest BCUT2D eigenvalue weighted by molar-refractivity contribution is -0.114. The molecule has 0 aromatic rings. The third-order valence-electron chi connectivity index (χ3n) is 1.62. The van der Waals surface area contributed by atoms with Crippen LogP contribution in [-0.2, 0) is 4.79 Å². The van der Waals surface area contributed by atoms with Crippen LogP contribution in [0.4, 0.5) is 0 Å². The van der Waals surface area contributed by atoms with Crippen molar-refractivity contribution in [3.8, 4) is 0 Å². The van der Waals surface area contributed by atoms with Crippen LogP contribution in [0.1, 0.15) is 6.42 Å². The van der Waals surface area contributed by atoms with E-state index in [9.17, 15) is 4.79 Å². The Morgan fingerprint density at radius 2 is 2.60 bits per heavy atom. The van der Waals surface area contributed by atoms with Gasteiger partial charge in [0.2, 0.25) is 0 Å². The number of nitrogens with zero attached hydrogens (tertiary/aromatic N) is 1. The van der Waals surface area contributed by atoms with Crippen molar-refractivity contribution < 1.29 is 4.79 Å². The fourth-order valence-electron chi connectivity index (χ4n) is 1.07. The number of carbonyl (C=O) groups is 1. The highest BCUT2D eigenvalue weighted by Gasteiger charge is 2.16. The van der Waals surface area contributed by atoms with Crippen molar-refractivity contribution in [1.29, 1.82) is 0 Å². The molecule has 1 rings (SSSR count). The van der Waals surface area contributed by atoms with E-state index in [1.165, 1.54) is 0 Å². The smallest absolute Gasteiger partial charge is 0.189 e. The fraction of sp³-hybridized carbons (Fsp3) is 0.571. The van der Waals surface area contributed by atoms with Gasteiger partial charge < -0.3 is 4.90 Å². The number of Topliss-reactive ketones (excluding diaryl/α,β-unsaturated/α-hetero) is 1. The van der Waals surface area contributed by atoms with E-state index in [1.54, 1.807) is 0 Å². The summed E-state index contributed by atoms with van der Waals surface area (Å²) in [7, 11) is 1.94. The van der Waals surface area contributed by atoms with Crippen LogP contribution in [0.25, 0.3) is 0 Å². The largest absolute Gasteiger partial charge is 0.372 e. The number of rotatable bonds is 2. The molecule has 0 unspecified atom stereocenters. The van der Waals surface area contributed by atoms with Gasteiger partial charge in [-0.3, -0.25) is 4.79 Å². The van der Waals surface area contributed by atoms with Gasteiger partial charge in [-0.15, -0.1) is 0 Å². The second-order valence-corrected chi connectivity index (χ2v) is 2.92. The van der Waals surface area contributed by atoms with Gasteiger partial charge in [-0.25, -0.2) is 0 Å². The predicted octanol–water partition coefficient (Wildman–Crippen LogP) is 1.17. The Bertz CT molecular complexity index is 176. The summed E-state index contributed by atoms with van der Waals surface area (Å²) in [6.45, 7) is 0.980. The first-order valence-corrected chi connectivity index (χ1v) is 4.38. The third kappa shape index (κ3) is 1.40. The van der Waals surface area contributed by atoms with Gasteiger partial charge >= 0.3 is 0 Å². The molecule has 3 heteroatoms. The van der Waals surface area contributed by atoms with Gasteiger partial charge in [-0.05, 0) is 6.42 Å². The molecule has 0 spiro atoms. The molecule has 0 aromatic carbocycles. The maximum absolute atomic E-state index is 11.1. The van der Waals surface area contributed by atoms with Gasteiger partial charge in [0.1, 0.15) is 0 Å². The standard InChI is InChI=1S/C7H10BrNO/c1-9-4-2-3-6(9)7(10)5-8/h3H,2,4-5H2,1H3. The van der Waals surface area contributed by atoms with Gasteiger partial charge in [0, 0.05) is 13.6 Å². The van der Waals surface area contributed by atoms with Gasteiger partial charge in [-0.2, -0.15) is 0 Å². The summed E-state index contributed by atoms with van der Waals surface area (Å²) in [4.78, 5) is 13.1. The zero-order chi connectivity index (χ0) is 7.56. The van der Waals surface area contributed by atoms with Crippen LogP contribution >= 0.6 is 15.9 Å². The summed E-state index contributed by atoms with van der Waals surface area (Å²) in [5.41, 5.74) is 0.858. The molecule has 0 aliphatic carbocycles. The normalized spacial score (nSPS) is 17.4. The van der Waals surface area contributed by atoms with E-state index >= 15 is 0 Å². The number of carbonyl (C=O) groups excluding carboxylic acids is 1. The van der Waals surface area contributed by atoms with Crippen molar-refractivity contribution in [3.63, 3.8) is 0 Å². The molecule has 1 aliphatic rings. The summed E-state index contributed by atoms with van der Waals surface area (Å²) in [5.74, 6) is 0.181. The highest BCUT2D eigenvalue weighted by molar-refractivity contribution is 9.09. The van der Waals surface area contributed by atoms with Crippen LogP contribution in [-0.4, -0.2) is 29.6 Å². The maximum Gasteiger partial charge on any atom is 0.189 e. The highest BCUT2D eigenvalue weighted by Crippen LogP contribution is 2.13. The Morgan fingerprint density at radius 3 is 3.00 bits per heavy atom. The number of likely N-dealkylation sites (N-methyl/N-ethyl adjacent to an activating group) is 1. The van der Waals surface area contributed by atoms with Crippen molar-refractivity contribution in [2.24, 2.45) is 0 Å². The van der Waals surface area contributed by atoms with Crippen molar-refractivity contribution >= 4 is 21.7 Å². The zero-order valence-electron chi connectivity index (χ0n) is 5.93. The number of allylic oxidation sites excluding steroid dienone is 1. The zero-order valence-corrected chi connectivity index (χ0v) is 7.52. The lowest BCUT2D eigenvalue weighted by atomic mass is 10.3. The molecule has 1 aliphatic heterocycles. The molecule has 1 heterocycles. The van der Waals surface area contributed by atoms with E-state index in [0.717, 1.165) is 18.7 Å². The van der Waals surface area contributed by atoms with Gasteiger partial charge in [-0.1, -0.05) is 22.0 Å². The molecule has 56 valence electrons. The minimum Gasteiger partial charge on any atom is -0.372 e. The van der Waals surface area contributed by atoms with Crippen LogP contribution < -0.4 is 0 Å². The molecule has 0 N–H and O–H groups in total. The Balaban J connectivity index is 2.63. The Kier molecular flexibility index (Phi) is 2.49. The Morgan fingerprint density at radius 1 is 1.90 bits per heavy atom. The molecule has 0 amide bonds. The molecule has 2 nitrogen and oxygen atoms in total. The van der Waals surface area contributed by atoms with E-state index in [0.29, 0.717) is 5.33 Å². The molecule has 0 atom stereocenters. The van der Waals surface area contributed by atoms with Crippen molar-refractivity contribution in [1.82, 2.24) is 4.90 Å². The van der Waals surface area contributed by atoms with Crippen LogP contribution in [0.2, 0.25) is 0 Å². The summed E-state index contributed by atoms with van der Waals surface area (Å²) < 4.78 is 0. The number of ketones is 1. The first-order chi connectivity index (χ1) is 4.75. The van der Waals surface area contributed by atoms with E-state index in [4.69, 9.17) is 0 Å². The Hall–Kier alpha value is -0.310. The monoisotopic (exact) mass is 203 g/mol. The van der Waals surface area contributed by atoms with Crippen molar-refractivity contribution in [3.05, 3.63) is 11.8 Å². The molecule has 0 bridgehead atoms. The SMILES string of the molecule is CN1CCC=C1C(=O)CBr. The molecule has 0 saturated carbocycles.